The summed E-state index contributed by atoms with van der Waals surface area (Å²) in [6, 6.07) is 20.1. The van der Waals surface area contributed by atoms with Crippen LogP contribution in [0.3, 0.4) is 0 Å². The zero-order valence-electron chi connectivity index (χ0n) is 12.1. The number of nitrogens with one attached hydrogen (secondary N) is 1. The molecule has 2 atom stereocenters. The van der Waals surface area contributed by atoms with E-state index in [1.807, 2.05) is 0 Å². The van der Waals surface area contributed by atoms with Gasteiger partial charge in [-0.2, -0.15) is 0 Å². The summed E-state index contributed by atoms with van der Waals surface area (Å²) in [6.45, 7) is 6.67. The Kier molecular flexibility index (Phi) is 4.75. The van der Waals surface area contributed by atoms with E-state index in [4.69, 9.17) is 0 Å². The largest absolute Gasteiger partial charge is 0.307 e. The predicted molar refractivity (Wildman–Crippen MR) is 82.3 cm³/mol. The zero-order chi connectivity index (χ0) is 13.7. The first-order chi connectivity index (χ1) is 9.16. The number of benzene rings is 2. The molecule has 2 aromatic rings. The van der Waals surface area contributed by atoms with E-state index in [9.17, 15) is 0 Å². The molecule has 0 saturated carbocycles. The Morgan fingerprint density at radius 3 is 2.21 bits per heavy atom. The van der Waals surface area contributed by atoms with Crippen molar-refractivity contribution < 1.29 is 0 Å². The van der Waals surface area contributed by atoms with Gasteiger partial charge >= 0.3 is 0 Å². The third-order valence-electron chi connectivity index (χ3n) is 3.57. The molecule has 0 radical (unpaired) electrons. The number of hydrogen-bond acceptors (Lipinski definition) is 1. The fraction of sp³-hybridized carbons (Fsp3) is 0.333. The van der Waals surface area contributed by atoms with Crippen molar-refractivity contribution in [2.24, 2.45) is 0 Å². The van der Waals surface area contributed by atoms with E-state index < -0.39 is 0 Å². The molecule has 19 heavy (non-hydrogen) atoms. The van der Waals surface area contributed by atoms with Crippen LogP contribution < -0.4 is 5.32 Å². The lowest BCUT2D eigenvalue weighted by Gasteiger charge is -2.22. The molecule has 0 aromatic heterocycles. The molecule has 0 aliphatic rings. The van der Waals surface area contributed by atoms with Crippen molar-refractivity contribution in [3.63, 3.8) is 0 Å². The molecule has 0 bridgehead atoms. The SMILES string of the molecule is Cc1ccccc1C(C)NC(C)Cc1ccccc1. The molecule has 1 heteroatoms. The monoisotopic (exact) mass is 253 g/mol. The van der Waals surface area contributed by atoms with Gasteiger partial charge in [0.05, 0.1) is 0 Å². The Morgan fingerprint density at radius 1 is 0.895 bits per heavy atom. The first-order valence-electron chi connectivity index (χ1n) is 7.02. The highest BCUT2D eigenvalue weighted by atomic mass is 14.9. The smallest absolute Gasteiger partial charge is 0.0296 e. The summed E-state index contributed by atoms with van der Waals surface area (Å²) in [5.41, 5.74) is 4.14. The summed E-state index contributed by atoms with van der Waals surface area (Å²) < 4.78 is 0. The van der Waals surface area contributed by atoms with Gasteiger partial charge in [0.25, 0.3) is 0 Å². The topological polar surface area (TPSA) is 12.0 Å². The molecule has 0 aliphatic carbocycles. The van der Waals surface area contributed by atoms with Gasteiger partial charge < -0.3 is 5.32 Å². The first-order valence-corrected chi connectivity index (χ1v) is 7.02. The zero-order valence-corrected chi connectivity index (χ0v) is 12.1. The van der Waals surface area contributed by atoms with Crippen LogP contribution >= 0.6 is 0 Å². The number of aryl methyl sites for hydroxylation is 1. The predicted octanol–water partition coefficient (Wildman–Crippen LogP) is 4.28. The molecule has 0 amide bonds. The van der Waals surface area contributed by atoms with Crippen molar-refractivity contribution in [1.29, 1.82) is 0 Å². The molecular weight excluding hydrogens is 230 g/mol. The average molecular weight is 253 g/mol. The van der Waals surface area contributed by atoms with Gasteiger partial charge in [-0.1, -0.05) is 54.6 Å². The Hall–Kier alpha value is -1.60. The third kappa shape index (κ3) is 3.93. The summed E-state index contributed by atoms with van der Waals surface area (Å²) in [5.74, 6) is 0. The second kappa shape index (κ2) is 6.53. The van der Waals surface area contributed by atoms with Crippen LogP contribution in [0.4, 0.5) is 0 Å². The minimum absolute atomic E-state index is 0.389. The standard InChI is InChI=1S/C18H23N/c1-14-9-7-8-12-18(14)16(3)19-15(2)13-17-10-5-4-6-11-17/h4-12,15-16,19H,13H2,1-3H3. The van der Waals surface area contributed by atoms with E-state index in [1.54, 1.807) is 0 Å². The highest BCUT2D eigenvalue weighted by molar-refractivity contribution is 5.28. The molecule has 0 fully saturated rings. The van der Waals surface area contributed by atoms with Gasteiger partial charge in [0.15, 0.2) is 0 Å². The normalized spacial score (nSPS) is 14.1. The maximum absolute atomic E-state index is 3.69. The van der Waals surface area contributed by atoms with Gasteiger partial charge in [0.2, 0.25) is 0 Å². The maximum atomic E-state index is 3.69. The van der Waals surface area contributed by atoms with Crippen LogP contribution in [0.25, 0.3) is 0 Å². The second-order valence-corrected chi connectivity index (χ2v) is 5.34. The van der Waals surface area contributed by atoms with Crippen LogP contribution in [0.1, 0.15) is 36.6 Å². The van der Waals surface area contributed by atoms with Gasteiger partial charge in [-0.3, -0.25) is 0 Å². The summed E-state index contributed by atoms with van der Waals surface area (Å²) >= 11 is 0. The van der Waals surface area contributed by atoms with Crippen LogP contribution in [0.5, 0.6) is 0 Å². The maximum Gasteiger partial charge on any atom is 0.0296 e. The minimum atomic E-state index is 0.389. The fourth-order valence-electron chi connectivity index (χ4n) is 2.62. The van der Waals surface area contributed by atoms with E-state index in [0.717, 1.165) is 6.42 Å². The van der Waals surface area contributed by atoms with Crippen LogP contribution in [-0.4, -0.2) is 6.04 Å². The Bertz CT molecular complexity index is 504. The lowest BCUT2D eigenvalue weighted by Crippen LogP contribution is -2.31. The van der Waals surface area contributed by atoms with Crippen LogP contribution in [0, 0.1) is 6.92 Å². The molecule has 1 N–H and O–H groups in total. The van der Waals surface area contributed by atoms with Gasteiger partial charge in [0, 0.05) is 12.1 Å². The molecule has 2 unspecified atom stereocenters. The van der Waals surface area contributed by atoms with E-state index in [0.29, 0.717) is 12.1 Å². The molecule has 0 saturated heterocycles. The van der Waals surface area contributed by atoms with Crippen molar-refractivity contribution in [3.05, 3.63) is 71.3 Å². The van der Waals surface area contributed by atoms with Crippen molar-refractivity contribution >= 4 is 0 Å². The van der Waals surface area contributed by atoms with Gasteiger partial charge in [0.1, 0.15) is 0 Å². The van der Waals surface area contributed by atoms with Crippen molar-refractivity contribution in [1.82, 2.24) is 5.32 Å². The molecular formula is C18H23N. The lowest BCUT2D eigenvalue weighted by molar-refractivity contribution is 0.476. The van der Waals surface area contributed by atoms with E-state index in [2.05, 4.69) is 80.7 Å². The van der Waals surface area contributed by atoms with Gasteiger partial charge in [-0.05, 0) is 43.9 Å². The van der Waals surface area contributed by atoms with Gasteiger partial charge in [-0.25, -0.2) is 0 Å². The molecule has 100 valence electrons. The summed E-state index contributed by atoms with van der Waals surface area (Å²) in [4.78, 5) is 0. The summed E-state index contributed by atoms with van der Waals surface area (Å²) in [6.07, 6.45) is 1.07. The molecule has 0 heterocycles. The summed E-state index contributed by atoms with van der Waals surface area (Å²) in [5, 5.41) is 3.69. The van der Waals surface area contributed by atoms with Crippen LogP contribution in [0.2, 0.25) is 0 Å². The average Bonchev–Trinajstić information content (AvgIpc) is 2.40. The highest BCUT2D eigenvalue weighted by Crippen LogP contribution is 2.17. The highest BCUT2D eigenvalue weighted by Gasteiger charge is 2.11. The lowest BCUT2D eigenvalue weighted by atomic mass is 10.0. The molecule has 2 aromatic carbocycles. The Labute approximate surface area is 116 Å². The number of rotatable bonds is 5. The Balaban J connectivity index is 1.96. The van der Waals surface area contributed by atoms with Crippen LogP contribution in [-0.2, 0) is 6.42 Å². The van der Waals surface area contributed by atoms with Crippen molar-refractivity contribution in [2.75, 3.05) is 0 Å². The van der Waals surface area contributed by atoms with Crippen molar-refractivity contribution in [3.8, 4) is 0 Å². The second-order valence-electron chi connectivity index (χ2n) is 5.34. The molecule has 0 spiro atoms. The van der Waals surface area contributed by atoms with Crippen LogP contribution in [0.15, 0.2) is 54.6 Å². The third-order valence-corrected chi connectivity index (χ3v) is 3.57. The quantitative estimate of drug-likeness (QED) is 0.838. The van der Waals surface area contributed by atoms with E-state index >= 15 is 0 Å². The number of hydrogen-bond donors (Lipinski definition) is 1. The summed E-state index contributed by atoms with van der Waals surface area (Å²) in [7, 11) is 0. The fourth-order valence-corrected chi connectivity index (χ4v) is 2.62. The van der Waals surface area contributed by atoms with E-state index in [1.165, 1.54) is 16.7 Å². The Morgan fingerprint density at radius 2 is 1.53 bits per heavy atom. The van der Waals surface area contributed by atoms with Gasteiger partial charge in [-0.15, -0.1) is 0 Å². The molecule has 1 nitrogen and oxygen atoms in total. The van der Waals surface area contributed by atoms with Crippen molar-refractivity contribution in [2.45, 2.75) is 39.3 Å². The van der Waals surface area contributed by atoms with E-state index in [-0.39, 0.29) is 0 Å². The first kappa shape index (κ1) is 13.8. The molecule has 0 aliphatic heterocycles. The molecule has 2 rings (SSSR count). The minimum Gasteiger partial charge on any atom is -0.307 e.